The third-order valence-electron chi connectivity index (χ3n) is 7.26. The van der Waals surface area contributed by atoms with E-state index in [2.05, 4.69) is 20.5 Å². The topological polar surface area (TPSA) is 84.5 Å². The van der Waals surface area contributed by atoms with E-state index in [9.17, 15) is 28.1 Å². The Morgan fingerprint density at radius 3 is 2.54 bits per heavy atom. The molecule has 0 unspecified atom stereocenters. The van der Waals surface area contributed by atoms with Crippen LogP contribution in [-0.2, 0) is 19.8 Å². The Hall–Kier alpha value is -2.99. The Morgan fingerprint density at radius 2 is 1.91 bits per heavy atom. The molecule has 35 heavy (non-hydrogen) atoms. The summed E-state index contributed by atoms with van der Waals surface area (Å²) in [5, 5.41) is 11.5. The van der Waals surface area contributed by atoms with Gasteiger partial charge in [-0.1, -0.05) is 11.3 Å². The van der Waals surface area contributed by atoms with Crippen molar-refractivity contribution < 1.29 is 18.1 Å². The van der Waals surface area contributed by atoms with Crippen LogP contribution in [0.3, 0.4) is 0 Å². The Kier molecular flexibility index (Phi) is 5.83. The Labute approximate surface area is 202 Å². The largest absolute Gasteiger partial charge is 0.416 e. The Bertz CT molecular complexity index is 1340. The van der Waals surface area contributed by atoms with Crippen molar-refractivity contribution in [2.75, 3.05) is 31.1 Å². The number of alkyl halides is 3. The molecule has 2 fully saturated rings. The molecule has 0 radical (unpaired) electrons. The fourth-order valence-corrected chi connectivity index (χ4v) is 6.33. The van der Waals surface area contributed by atoms with Crippen molar-refractivity contribution in [2.24, 2.45) is 12.5 Å². The maximum atomic E-state index is 13.2. The van der Waals surface area contributed by atoms with Crippen molar-refractivity contribution in [3.05, 3.63) is 62.2 Å². The maximum absolute atomic E-state index is 13.2. The Morgan fingerprint density at radius 1 is 1.20 bits per heavy atom. The molecule has 0 amide bonds. The molecular weight excluding hydrogens is 483 g/mol. The van der Waals surface area contributed by atoms with E-state index in [1.165, 1.54) is 5.69 Å². The van der Waals surface area contributed by atoms with Crippen LogP contribution in [0.4, 0.5) is 24.0 Å². The first-order chi connectivity index (χ1) is 16.5. The van der Waals surface area contributed by atoms with E-state index in [1.807, 2.05) is 24.2 Å². The number of nitro groups is 1. The van der Waals surface area contributed by atoms with Gasteiger partial charge in [-0.05, 0) is 49.4 Å². The van der Waals surface area contributed by atoms with Gasteiger partial charge in [-0.25, -0.2) is 0 Å². The van der Waals surface area contributed by atoms with Gasteiger partial charge >= 0.3 is 6.18 Å². The number of hydrogen-bond acceptors (Lipinski definition) is 7. The van der Waals surface area contributed by atoms with E-state index in [-0.39, 0.29) is 15.5 Å². The molecule has 2 saturated heterocycles. The van der Waals surface area contributed by atoms with Gasteiger partial charge in [-0.15, -0.1) is 0 Å². The second-order valence-corrected chi connectivity index (χ2v) is 10.5. The zero-order valence-corrected chi connectivity index (χ0v) is 19.9. The summed E-state index contributed by atoms with van der Waals surface area (Å²) in [4.78, 5) is 31.7. The van der Waals surface area contributed by atoms with Crippen molar-refractivity contribution in [1.82, 2.24) is 14.5 Å². The summed E-state index contributed by atoms with van der Waals surface area (Å²) < 4.78 is 41.7. The lowest BCUT2D eigenvalue weighted by Gasteiger charge is -2.39. The summed E-state index contributed by atoms with van der Waals surface area (Å²) >= 11 is 0.910. The second kappa shape index (κ2) is 8.59. The fraction of sp³-hybridized carbons (Fsp3) is 0.478. The summed E-state index contributed by atoms with van der Waals surface area (Å²) in [5.74, 6) is 0. The highest BCUT2D eigenvalue weighted by atomic mass is 32.1. The van der Waals surface area contributed by atoms with Gasteiger partial charge < -0.3 is 9.47 Å². The normalized spacial score (nSPS) is 18.6. The molecule has 3 aromatic rings. The van der Waals surface area contributed by atoms with Crippen LogP contribution in [0.25, 0.3) is 10.1 Å². The van der Waals surface area contributed by atoms with Crippen LogP contribution < -0.4 is 10.5 Å². The standard InChI is InChI=1S/C23H24F3N5O3S/c1-28-7-2-3-16(28)13-29-8-4-22(14-29)5-9-30(10-6-22)21-27-20(32)17-11-15(23(24,25)26)12-18(31(33)34)19(17)35-21/h2-3,7,11-12H,4-6,8-10,13-14H2,1H3. The van der Waals surface area contributed by atoms with Gasteiger partial charge in [0, 0.05) is 51.2 Å². The van der Waals surface area contributed by atoms with E-state index in [0.29, 0.717) is 30.4 Å². The zero-order chi connectivity index (χ0) is 25.0. The molecule has 2 aliphatic rings. The van der Waals surface area contributed by atoms with Crippen molar-refractivity contribution in [3.8, 4) is 0 Å². The molecule has 2 aromatic heterocycles. The maximum Gasteiger partial charge on any atom is 0.416 e. The highest BCUT2D eigenvalue weighted by Gasteiger charge is 2.41. The molecule has 0 N–H and O–H groups in total. The second-order valence-electron chi connectivity index (χ2n) is 9.49. The molecule has 0 saturated carbocycles. The van der Waals surface area contributed by atoms with Gasteiger partial charge in [-0.2, -0.15) is 18.2 Å². The highest BCUT2D eigenvalue weighted by molar-refractivity contribution is 7.22. The van der Waals surface area contributed by atoms with Gasteiger partial charge in [0.2, 0.25) is 0 Å². The molecule has 0 bridgehead atoms. The number of halogens is 3. The number of aryl methyl sites for hydroxylation is 1. The quantitative estimate of drug-likeness (QED) is 0.384. The third kappa shape index (κ3) is 4.52. The van der Waals surface area contributed by atoms with Crippen molar-refractivity contribution >= 4 is 32.2 Å². The van der Waals surface area contributed by atoms with E-state index >= 15 is 0 Å². The number of benzene rings is 1. The predicted molar refractivity (Wildman–Crippen MR) is 127 cm³/mol. The van der Waals surface area contributed by atoms with Crippen LogP contribution in [0.15, 0.2) is 35.3 Å². The summed E-state index contributed by atoms with van der Waals surface area (Å²) in [5.41, 5.74) is -1.38. The van der Waals surface area contributed by atoms with Gasteiger partial charge in [-0.3, -0.25) is 19.8 Å². The van der Waals surface area contributed by atoms with Gasteiger partial charge in [0.1, 0.15) is 4.70 Å². The lowest BCUT2D eigenvalue weighted by atomic mass is 9.78. The summed E-state index contributed by atoms with van der Waals surface area (Å²) in [6, 6.07) is 5.31. The number of rotatable bonds is 4. The van der Waals surface area contributed by atoms with E-state index in [1.54, 1.807) is 0 Å². The van der Waals surface area contributed by atoms with Crippen LogP contribution in [0.1, 0.15) is 30.5 Å². The molecule has 12 heteroatoms. The number of nitro benzene ring substituents is 1. The minimum Gasteiger partial charge on any atom is -0.353 e. The molecule has 2 aliphatic heterocycles. The minimum atomic E-state index is -4.80. The SMILES string of the molecule is Cn1cccc1CN1CCC2(CCN(c3nc(=O)c4cc(C(F)(F)F)cc([N+](=O)[O-])c4s3)CC2)C1. The zero-order valence-electron chi connectivity index (χ0n) is 19.0. The Balaban J connectivity index is 1.36. The summed E-state index contributed by atoms with van der Waals surface area (Å²) in [6.45, 7) is 4.17. The van der Waals surface area contributed by atoms with Crippen LogP contribution in [0.2, 0.25) is 0 Å². The van der Waals surface area contributed by atoms with E-state index in [0.717, 1.165) is 50.2 Å². The van der Waals surface area contributed by atoms with Crippen LogP contribution in [0, 0.1) is 15.5 Å². The molecule has 1 aromatic carbocycles. The first-order valence-electron chi connectivity index (χ1n) is 11.3. The number of non-ortho nitro benzene ring substituents is 1. The fourth-order valence-electron chi connectivity index (χ4n) is 5.21. The monoisotopic (exact) mass is 507 g/mol. The van der Waals surface area contributed by atoms with Crippen molar-refractivity contribution in [3.63, 3.8) is 0 Å². The summed E-state index contributed by atoms with van der Waals surface area (Å²) in [7, 11) is 2.04. The number of nitrogens with zero attached hydrogens (tertiary/aromatic N) is 5. The molecular formula is C23H24F3N5O3S. The van der Waals surface area contributed by atoms with Gasteiger partial charge in [0.05, 0.1) is 15.9 Å². The van der Waals surface area contributed by atoms with E-state index in [4.69, 9.17) is 0 Å². The first-order valence-corrected chi connectivity index (χ1v) is 12.1. The predicted octanol–water partition coefficient (Wildman–Crippen LogP) is 4.41. The van der Waals surface area contributed by atoms with Gasteiger partial charge in [0.25, 0.3) is 11.2 Å². The number of likely N-dealkylation sites (tertiary alicyclic amines) is 1. The number of fused-ring (bicyclic) bond motifs is 1. The van der Waals surface area contributed by atoms with E-state index < -0.39 is 27.9 Å². The molecule has 8 nitrogen and oxygen atoms in total. The molecule has 0 atom stereocenters. The van der Waals surface area contributed by atoms with Crippen LogP contribution in [0.5, 0.6) is 0 Å². The molecule has 5 rings (SSSR count). The van der Waals surface area contributed by atoms with Gasteiger partial charge in [0.15, 0.2) is 5.13 Å². The lowest BCUT2D eigenvalue weighted by molar-refractivity contribution is -0.383. The van der Waals surface area contributed by atoms with Crippen molar-refractivity contribution in [1.29, 1.82) is 0 Å². The number of hydrogen-bond donors (Lipinski definition) is 0. The molecule has 1 spiro atoms. The third-order valence-corrected chi connectivity index (χ3v) is 8.43. The lowest BCUT2D eigenvalue weighted by Crippen LogP contribution is -2.42. The average Bonchev–Trinajstić information content (AvgIpc) is 3.39. The van der Waals surface area contributed by atoms with Crippen molar-refractivity contribution in [2.45, 2.75) is 32.0 Å². The minimum absolute atomic E-state index is 0.0760. The highest BCUT2D eigenvalue weighted by Crippen LogP contribution is 2.43. The number of piperidine rings is 1. The van der Waals surface area contributed by atoms with Crippen LogP contribution >= 0.6 is 11.3 Å². The number of anilines is 1. The summed E-state index contributed by atoms with van der Waals surface area (Å²) in [6.07, 6.45) is 0.109. The number of aromatic nitrogens is 2. The molecule has 4 heterocycles. The average molecular weight is 508 g/mol. The smallest absolute Gasteiger partial charge is 0.353 e. The molecule has 186 valence electrons. The molecule has 0 aliphatic carbocycles. The van der Waals surface area contributed by atoms with Crippen LogP contribution in [-0.4, -0.2) is 45.6 Å². The first kappa shape index (κ1) is 23.7.